The molecule has 54 valence electrons. The topological polar surface area (TPSA) is 18.8 Å². The standard InChI is InChI=1S/C6H15N3/c1-8(2)6-5-7-9(3)4/h5H,6H2,1-4H3/b7-5+. The van der Waals surface area contributed by atoms with Gasteiger partial charge in [-0.3, -0.25) is 0 Å². The van der Waals surface area contributed by atoms with Crippen molar-refractivity contribution >= 4 is 6.21 Å². The Hall–Kier alpha value is -0.570. The Morgan fingerprint density at radius 2 is 1.78 bits per heavy atom. The van der Waals surface area contributed by atoms with Crippen molar-refractivity contribution in [3.05, 3.63) is 0 Å². The summed E-state index contributed by atoms with van der Waals surface area (Å²) >= 11 is 0. The van der Waals surface area contributed by atoms with E-state index in [4.69, 9.17) is 0 Å². The predicted octanol–water partition coefficient (Wildman–Crippen LogP) is 0.0954. The van der Waals surface area contributed by atoms with Crippen molar-refractivity contribution in [1.82, 2.24) is 9.91 Å². The number of rotatable bonds is 3. The molecule has 0 aliphatic heterocycles. The predicted molar refractivity (Wildman–Crippen MR) is 40.7 cm³/mol. The minimum absolute atomic E-state index is 0.901. The van der Waals surface area contributed by atoms with Gasteiger partial charge in [-0.15, -0.1) is 0 Å². The Morgan fingerprint density at radius 3 is 2.11 bits per heavy atom. The molecule has 0 N–H and O–H groups in total. The Kier molecular flexibility index (Phi) is 4.05. The molecule has 0 heterocycles. The van der Waals surface area contributed by atoms with Crippen LogP contribution in [-0.2, 0) is 0 Å². The fourth-order valence-corrected chi connectivity index (χ4v) is 0.363. The van der Waals surface area contributed by atoms with Gasteiger partial charge in [0.15, 0.2) is 0 Å². The quantitative estimate of drug-likeness (QED) is 0.397. The Bertz CT molecular complexity index is 86.3. The summed E-state index contributed by atoms with van der Waals surface area (Å²) in [6, 6.07) is 0. The van der Waals surface area contributed by atoms with Crippen LogP contribution >= 0.6 is 0 Å². The molecule has 0 aliphatic carbocycles. The number of hydrazone groups is 1. The van der Waals surface area contributed by atoms with Gasteiger partial charge in [-0.05, 0) is 14.1 Å². The zero-order chi connectivity index (χ0) is 7.28. The first-order valence-corrected chi connectivity index (χ1v) is 2.97. The van der Waals surface area contributed by atoms with Gasteiger partial charge in [-0.2, -0.15) is 5.10 Å². The maximum atomic E-state index is 4.03. The second kappa shape index (κ2) is 4.32. The lowest BCUT2D eigenvalue weighted by atomic mass is 10.6. The zero-order valence-electron chi connectivity index (χ0n) is 6.63. The highest BCUT2D eigenvalue weighted by molar-refractivity contribution is 5.58. The van der Waals surface area contributed by atoms with Gasteiger partial charge in [0.25, 0.3) is 0 Å². The third kappa shape index (κ3) is 7.43. The Balaban J connectivity index is 3.25. The van der Waals surface area contributed by atoms with Crippen molar-refractivity contribution in [2.75, 3.05) is 34.7 Å². The van der Waals surface area contributed by atoms with Crippen LogP contribution in [0.3, 0.4) is 0 Å². The maximum absolute atomic E-state index is 4.03. The van der Waals surface area contributed by atoms with Gasteiger partial charge in [-0.25, -0.2) is 0 Å². The summed E-state index contributed by atoms with van der Waals surface area (Å²) in [4.78, 5) is 2.06. The van der Waals surface area contributed by atoms with Crippen molar-refractivity contribution in [3.8, 4) is 0 Å². The van der Waals surface area contributed by atoms with Gasteiger partial charge in [0.1, 0.15) is 0 Å². The molecule has 0 bridgehead atoms. The molecule has 0 saturated carbocycles. The second-order valence-electron chi connectivity index (χ2n) is 2.41. The van der Waals surface area contributed by atoms with Crippen molar-refractivity contribution in [2.24, 2.45) is 5.10 Å². The molecule has 0 saturated heterocycles. The molecule has 3 heteroatoms. The van der Waals surface area contributed by atoms with Gasteiger partial charge in [0.2, 0.25) is 0 Å². The average Bonchev–Trinajstić information content (AvgIpc) is 1.63. The first-order valence-electron chi connectivity index (χ1n) is 2.97. The minimum atomic E-state index is 0.901. The van der Waals surface area contributed by atoms with Gasteiger partial charge in [0, 0.05) is 26.9 Å². The van der Waals surface area contributed by atoms with Crippen LogP contribution in [0, 0.1) is 0 Å². The van der Waals surface area contributed by atoms with E-state index in [2.05, 4.69) is 10.0 Å². The van der Waals surface area contributed by atoms with Gasteiger partial charge in [-0.1, -0.05) is 0 Å². The van der Waals surface area contributed by atoms with Crippen LogP contribution in [0.1, 0.15) is 0 Å². The molecule has 0 radical (unpaired) electrons. The van der Waals surface area contributed by atoms with Crippen LogP contribution in [0.4, 0.5) is 0 Å². The van der Waals surface area contributed by atoms with Crippen molar-refractivity contribution in [1.29, 1.82) is 0 Å². The molecule has 0 amide bonds. The van der Waals surface area contributed by atoms with Crippen molar-refractivity contribution in [2.45, 2.75) is 0 Å². The van der Waals surface area contributed by atoms with Crippen molar-refractivity contribution in [3.63, 3.8) is 0 Å². The summed E-state index contributed by atoms with van der Waals surface area (Å²) in [5.74, 6) is 0. The molecule has 0 aromatic heterocycles. The largest absolute Gasteiger partial charge is 0.304 e. The highest BCUT2D eigenvalue weighted by Gasteiger charge is 1.81. The number of nitrogens with zero attached hydrogens (tertiary/aromatic N) is 3. The Morgan fingerprint density at radius 1 is 1.22 bits per heavy atom. The smallest absolute Gasteiger partial charge is 0.0385 e. The maximum Gasteiger partial charge on any atom is 0.0385 e. The van der Waals surface area contributed by atoms with Crippen LogP contribution in [-0.4, -0.2) is 50.9 Å². The molecule has 0 aliphatic rings. The number of hydrogen-bond acceptors (Lipinski definition) is 3. The SMILES string of the molecule is CN(C)C/C=N/N(C)C. The van der Waals surface area contributed by atoms with Crippen LogP contribution in [0.5, 0.6) is 0 Å². The average molecular weight is 129 g/mol. The normalized spacial score (nSPS) is 11.2. The third-order valence-electron chi connectivity index (χ3n) is 0.759. The molecule has 0 atom stereocenters. The molecule has 0 spiro atoms. The fourth-order valence-electron chi connectivity index (χ4n) is 0.363. The van der Waals surface area contributed by atoms with Gasteiger partial charge >= 0.3 is 0 Å². The zero-order valence-corrected chi connectivity index (χ0v) is 6.63. The lowest BCUT2D eigenvalue weighted by molar-refractivity contribution is 0.428. The van der Waals surface area contributed by atoms with Crippen LogP contribution in [0.25, 0.3) is 0 Å². The Labute approximate surface area is 56.9 Å². The molecule has 0 aromatic carbocycles. The second-order valence-corrected chi connectivity index (χ2v) is 2.41. The van der Waals surface area contributed by atoms with Crippen molar-refractivity contribution < 1.29 is 0 Å². The molecule has 0 rings (SSSR count). The summed E-state index contributed by atoms with van der Waals surface area (Å²) in [5, 5.41) is 5.81. The van der Waals surface area contributed by atoms with Gasteiger partial charge in [0.05, 0.1) is 0 Å². The lowest BCUT2D eigenvalue weighted by Crippen LogP contribution is -2.15. The lowest BCUT2D eigenvalue weighted by Gasteiger charge is -2.05. The van der Waals surface area contributed by atoms with E-state index in [0.717, 1.165) is 6.54 Å². The highest BCUT2D eigenvalue weighted by atomic mass is 15.4. The van der Waals surface area contributed by atoms with E-state index >= 15 is 0 Å². The van der Waals surface area contributed by atoms with E-state index in [9.17, 15) is 0 Å². The molecule has 0 fully saturated rings. The van der Waals surface area contributed by atoms with E-state index in [1.807, 2.05) is 34.4 Å². The molecule has 3 nitrogen and oxygen atoms in total. The summed E-state index contributed by atoms with van der Waals surface area (Å²) in [6.07, 6.45) is 1.88. The summed E-state index contributed by atoms with van der Waals surface area (Å²) in [7, 11) is 7.85. The van der Waals surface area contributed by atoms with Crippen LogP contribution in [0.15, 0.2) is 5.10 Å². The molecule has 0 unspecified atom stereocenters. The third-order valence-corrected chi connectivity index (χ3v) is 0.759. The first-order chi connectivity index (χ1) is 4.13. The minimum Gasteiger partial charge on any atom is -0.304 e. The van der Waals surface area contributed by atoms with E-state index in [-0.39, 0.29) is 0 Å². The van der Waals surface area contributed by atoms with E-state index < -0.39 is 0 Å². The van der Waals surface area contributed by atoms with Crippen LogP contribution in [0.2, 0.25) is 0 Å². The summed E-state index contributed by atoms with van der Waals surface area (Å²) in [6.45, 7) is 0.901. The highest BCUT2D eigenvalue weighted by Crippen LogP contribution is 1.73. The van der Waals surface area contributed by atoms with E-state index in [0.29, 0.717) is 0 Å². The molecule has 9 heavy (non-hydrogen) atoms. The first kappa shape index (κ1) is 8.43. The molecular weight excluding hydrogens is 114 g/mol. The summed E-state index contributed by atoms with van der Waals surface area (Å²) < 4.78 is 0. The van der Waals surface area contributed by atoms with E-state index in [1.165, 1.54) is 0 Å². The number of hydrogen-bond donors (Lipinski definition) is 0. The van der Waals surface area contributed by atoms with Gasteiger partial charge < -0.3 is 9.91 Å². The monoisotopic (exact) mass is 129 g/mol. The van der Waals surface area contributed by atoms with Crippen LogP contribution < -0.4 is 0 Å². The summed E-state index contributed by atoms with van der Waals surface area (Å²) in [5.41, 5.74) is 0. The fraction of sp³-hybridized carbons (Fsp3) is 0.833. The van der Waals surface area contributed by atoms with E-state index in [1.54, 1.807) is 5.01 Å². The molecule has 0 aromatic rings. The molecular formula is C6H15N3.